The van der Waals surface area contributed by atoms with Crippen LogP contribution >= 0.6 is 0 Å². The van der Waals surface area contributed by atoms with Gasteiger partial charge >= 0.3 is 11.9 Å². The molecule has 0 aliphatic carbocycles. The maximum atomic E-state index is 12.3. The fourth-order valence-corrected chi connectivity index (χ4v) is 1.21. The summed E-state index contributed by atoms with van der Waals surface area (Å²) in [4.78, 5) is 14.7. The summed E-state index contributed by atoms with van der Waals surface area (Å²) in [6.07, 6.45) is -2.47. The fraction of sp³-hybridized carbons (Fsp3) is 0.250. The summed E-state index contributed by atoms with van der Waals surface area (Å²) >= 11 is 0. The number of nitrogens with zero attached hydrogens (tertiary/aromatic N) is 3. The van der Waals surface area contributed by atoms with E-state index in [1.807, 2.05) is 0 Å². The molecule has 0 aliphatic rings. The van der Waals surface area contributed by atoms with E-state index in [9.17, 15) is 18.0 Å². The van der Waals surface area contributed by atoms with Crippen molar-refractivity contribution >= 4 is 5.65 Å². The van der Waals surface area contributed by atoms with Crippen LogP contribution in [-0.2, 0) is 13.2 Å². The van der Waals surface area contributed by atoms with Crippen LogP contribution in [0.5, 0.6) is 0 Å². The second kappa shape index (κ2) is 2.85. The number of aryl methyl sites for hydroxylation is 1. The van der Waals surface area contributed by atoms with E-state index in [1.54, 1.807) is 0 Å². The van der Waals surface area contributed by atoms with E-state index in [0.29, 0.717) is 6.20 Å². The summed E-state index contributed by atoms with van der Waals surface area (Å²) in [6, 6.07) is 1.34. The maximum Gasteiger partial charge on any atom is 0.434 e. The topological polar surface area (TPSA) is 39.3 Å². The lowest BCUT2D eigenvalue weighted by Gasteiger charge is -1.98. The van der Waals surface area contributed by atoms with Gasteiger partial charge in [0.25, 0.3) is 0 Å². The Balaban J connectivity index is 2.78. The predicted molar refractivity (Wildman–Crippen MR) is 45.4 cm³/mol. The zero-order valence-electron chi connectivity index (χ0n) is 7.62. The number of fused-ring (bicyclic) bond motifs is 1. The van der Waals surface area contributed by atoms with E-state index >= 15 is 0 Å². The van der Waals surface area contributed by atoms with E-state index < -0.39 is 17.6 Å². The highest BCUT2D eigenvalue weighted by atomic mass is 19.4. The molecule has 7 heteroatoms. The molecule has 2 heterocycles. The minimum Gasteiger partial charge on any atom is -0.303 e. The van der Waals surface area contributed by atoms with Gasteiger partial charge in [-0.2, -0.15) is 13.2 Å². The van der Waals surface area contributed by atoms with Crippen LogP contribution in [0.2, 0.25) is 0 Å². The van der Waals surface area contributed by atoms with Gasteiger partial charge in [0.15, 0.2) is 5.69 Å². The van der Waals surface area contributed by atoms with Gasteiger partial charge in [0.05, 0.1) is 0 Å². The number of rotatable bonds is 0. The first-order valence-electron chi connectivity index (χ1n) is 4.01. The molecule has 0 saturated heterocycles. The van der Waals surface area contributed by atoms with Gasteiger partial charge in [0.2, 0.25) is 0 Å². The molecule has 0 unspecified atom stereocenters. The normalized spacial score (nSPS) is 12.3. The Hall–Kier alpha value is -1.79. The number of hydrogen-bond acceptors (Lipinski definition) is 2. The first-order chi connectivity index (χ1) is 6.89. The third kappa shape index (κ3) is 1.49. The van der Waals surface area contributed by atoms with Crippen LogP contribution in [0.3, 0.4) is 0 Å². The van der Waals surface area contributed by atoms with Gasteiger partial charge in [0, 0.05) is 19.4 Å². The molecule has 0 spiro atoms. The fourth-order valence-electron chi connectivity index (χ4n) is 1.21. The molecule has 80 valence electrons. The summed E-state index contributed by atoms with van der Waals surface area (Å²) in [5, 5.41) is 0. The van der Waals surface area contributed by atoms with Crippen molar-refractivity contribution in [2.75, 3.05) is 0 Å². The molecular weight excluding hydrogens is 211 g/mol. The van der Waals surface area contributed by atoms with Crippen molar-refractivity contribution in [1.29, 1.82) is 0 Å². The van der Waals surface area contributed by atoms with E-state index in [0.717, 1.165) is 4.40 Å². The highest BCUT2D eigenvalue weighted by Gasteiger charge is 2.34. The first kappa shape index (κ1) is 9.75. The Labute approximate surface area is 81.6 Å². The van der Waals surface area contributed by atoms with Crippen molar-refractivity contribution < 1.29 is 13.2 Å². The van der Waals surface area contributed by atoms with Gasteiger partial charge in [-0.05, 0) is 6.07 Å². The number of imidazole rings is 1. The maximum absolute atomic E-state index is 12.3. The van der Waals surface area contributed by atoms with E-state index in [2.05, 4.69) is 4.98 Å². The van der Waals surface area contributed by atoms with Gasteiger partial charge in [-0.15, -0.1) is 0 Å². The van der Waals surface area contributed by atoms with Crippen LogP contribution in [0.25, 0.3) is 5.65 Å². The average molecular weight is 217 g/mol. The molecule has 15 heavy (non-hydrogen) atoms. The molecule has 0 radical (unpaired) electrons. The Morgan fingerprint density at radius 2 is 2.07 bits per heavy atom. The molecule has 2 aromatic rings. The van der Waals surface area contributed by atoms with Crippen molar-refractivity contribution in [2.45, 2.75) is 6.18 Å². The van der Waals surface area contributed by atoms with Crippen molar-refractivity contribution in [2.24, 2.45) is 7.05 Å². The smallest absolute Gasteiger partial charge is 0.303 e. The van der Waals surface area contributed by atoms with Crippen LogP contribution in [-0.4, -0.2) is 14.0 Å². The first-order valence-corrected chi connectivity index (χ1v) is 4.01. The zero-order chi connectivity index (χ0) is 11.2. The molecule has 2 aromatic heterocycles. The monoisotopic (exact) mass is 217 g/mol. The molecule has 4 nitrogen and oxygen atoms in total. The van der Waals surface area contributed by atoms with Crippen LogP contribution < -0.4 is 5.69 Å². The minimum absolute atomic E-state index is 0.00887. The molecule has 0 amide bonds. The summed E-state index contributed by atoms with van der Waals surface area (Å²) in [6.45, 7) is 0. The Kier molecular flexibility index (Phi) is 1.85. The van der Waals surface area contributed by atoms with Crippen molar-refractivity contribution in [3.8, 4) is 0 Å². The molecule has 0 aromatic carbocycles. The molecule has 0 aliphatic heterocycles. The van der Waals surface area contributed by atoms with Gasteiger partial charge in [0.1, 0.15) is 5.65 Å². The number of hydrogen-bond donors (Lipinski definition) is 0. The molecule has 0 bridgehead atoms. The summed E-state index contributed by atoms with van der Waals surface area (Å²) in [7, 11) is 1.45. The standard InChI is InChI=1S/C8H6F3N3O/c1-13-3-2-6-12-5(8(9,10)11)4-14(6)7(13)15/h2-4H,1H3. The van der Waals surface area contributed by atoms with E-state index in [-0.39, 0.29) is 5.65 Å². The Bertz CT molecular complexity index is 566. The number of halogens is 3. The summed E-state index contributed by atoms with van der Waals surface area (Å²) < 4.78 is 38.9. The average Bonchev–Trinajstić information content (AvgIpc) is 2.55. The number of aromatic nitrogens is 3. The molecule has 0 fully saturated rings. The molecule has 0 N–H and O–H groups in total. The van der Waals surface area contributed by atoms with Crippen molar-refractivity contribution in [3.63, 3.8) is 0 Å². The molecular formula is C8H6F3N3O. The lowest BCUT2D eigenvalue weighted by Crippen LogP contribution is -2.22. The van der Waals surface area contributed by atoms with Crippen molar-refractivity contribution in [1.82, 2.24) is 14.0 Å². The largest absolute Gasteiger partial charge is 0.434 e. The van der Waals surface area contributed by atoms with Gasteiger partial charge in [-0.1, -0.05) is 0 Å². The Morgan fingerprint density at radius 1 is 1.40 bits per heavy atom. The van der Waals surface area contributed by atoms with Crippen LogP contribution in [0.1, 0.15) is 5.69 Å². The van der Waals surface area contributed by atoms with Crippen molar-refractivity contribution in [3.05, 3.63) is 34.6 Å². The third-order valence-electron chi connectivity index (χ3n) is 1.98. The van der Waals surface area contributed by atoms with Gasteiger partial charge < -0.3 is 4.57 Å². The zero-order valence-corrected chi connectivity index (χ0v) is 7.62. The molecule has 2 rings (SSSR count). The van der Waals surface area contributed by atoms with Gasteiger partial charge in [-0.25, -0.2) is 9.78 Å². The van der Waals surface area contributed by atoms with Crippen LogP contribution in [0.15, 0.2) is 23.3 Å². The number of alkyl halides is 3. The van der Waals surface area contributed by atoms with Crippen LogP contribution in [0.4, 0.5) is 13.2 Å². The third-order valence-corrected chi connectivity index (χ3v) is 1.98. The Morgan fingerprint density at radius 3 is 2.67 bits per heavy atom. The summed E-state index contributed by atoms with van der Waals surface area (Å²) in [5.41, 5.74) is -1.63. The molecule has 0 saturated carbocycles. The SMILES string of the molecule is Cn1ccc2nc(C(F)(F)F)cn2c1=O. The van der Waals surface area contributed by atoms with E-state index in [4.69, 9.17) is 0 Å². The lowest BCUT2D eigenvalue weighted by molar-refractivity contribution is -0.140. The second-order valence-corrected chi connectivity index (χ2v) is 3.06. The van der Waals surface area contributed by atoms with Gasteiger partial charge in [-0.3, -0.25) is 4.40 Å². The predicted octanol–water partition coefficient (Wildman–Crippen LogP) is 1.05. The lowest BCUT2D eigenvalue weighted by atomic mass is 10.5. The second-order valence-electron chi connectivity index (χ2n) is 3.06. The summed E-state index contributed by atoms with van der Waals surface area (Å²) in [5.74, 6) is 0. The quantitative estimate of drug-likeness (QED) is 0.661. The highest BCUT2D eigenvalue weighted by molar-refractivity contribution is 5.38. The highest BCUT2D eigenvalue weighted by Crippen LogP contribution is 2.27. The minimum atomic E-state index is -4.53. The van der Waals surface area contributed by atoms with Crippen LogP contribution in [0, 0.1) is 0 Å². The van der Waals surface area contributed by atoms with E-state index in [1.165, 1.54) is 23.9 Å². The molecule has 0 atom stereocenters.